The number of aromatic nitrogens is 1. The van der Waals surface area contributed by atoms with E-state index < -0.39 is 0 Å². The van der Waals surface area contributed by atoms with Crippen molar-refractivity contribution in [3.8, 4) is 0 Å². The lowest BCUT2D eigenvalue weighted by Gasteiger charge is -2.14. The van der Waals surface area contributed by atoms with Crippen molar-refractivity contribution in [2.24, 2.45) is 5.92 Å². The molecule has 0 aromatic carbocycles. The van der Waals surface area contributed by atoms with Crippen molar-refractivity contribution in [1.82, 2.24) is 0 Å². The van der Waals surface area contributed by atoms with Gasteiger partial charge in [-0.25, -0.2) is 0 Å². The van der Waals surface area contributed by atoms with Crippen molar-refractivity contribution in [2.45, 2.75) is 26.7 Å². The standard InChI is InChI=1S/C10H15NO/c1-8(2)9(3)10-5-4-6-11(12)7-10/h4-9H,1-3H3. The molecule has 12 heavy (non-hydrogen) atoms. The molecule has 0 aliphatic carbocycles. The van der Waals surface area contributed by atoms with E-state index in [1.807, 2.05) is 6.07 Å². The first-order valence-electron chi connectivity index (χ1n) is 4.30. The highest BCUT2D eigenvalue weighted by Gasteiger charge is 2.11. The second kappa shape index (κ2) is 3.57. The van der Waals surface area contributed by atoms with E-state index in [4.69, 9.17) is 0 Å². The number of hydrogen-bond acceptors (Lipinski definition) is 1. The smallest absolute Gasteiger partial charge is 0.183 e. The van der Waals surface area contributed by atoms with Crippen molar-refractivity contribution in [2.75, 3.05) is 0 Å². The van der Waals surface area contributed by atoms with E-state index in [0.717, 1.165) is 10.3 Å². The highest BCUT2D eigenvalue weighted by Crippen LogP contribution is 2.21. The topological polar surface area (TPSA) is 26.9 Å². The summed E-state index contributed by atoms with van der Waals surface area (Å²) in [6, 6.07) is 3.79. The van der Waals surface area contributed by atoms with Crippen LogP contribution >= 0.6 is 0 Å². The minimum atomic E-state index is 0.450. The quantitative estimate of drug-likeness (QED) is 0.487. The summed E-state index contributed by atoms with van der Waals surface area (Å²) in [6.45, 7) is 6.46. The largest absolute Gasteiger partial charge is 0.619 e. The maximum absolute atomic E-state index is 10.9. The Morgan fingerprint density at radius 1 is 1.33 bits per heavy atom. The summed E-state index contributed by atoms with van der Waals surface area (Å²) in [7, 11) is 0. The number of pyridine rings is 1. The molecule has 0 spiro atoms. The van der Waals surface area contributed by atoms with Crippen LogP contribution in [0.1, 0.15) is 32.3 Å². The molecule has 1 unspecified atom stereocenters. The van der Waals surface area contributed by atoms with Crippen LogP contribution in [0.5, 0.6) is 0 Å². The molecule has 1 atom stereocenters. The Balaban J connectivity index is 2.88. The highest BCUT2D eigenvalue weighted by molar-refractivity contribution is 5.11. The Hall–Kier alpha value is -1.05. The molecule has 0 bridgehead atoms. The van der Waals surface area contributed by atoms with E-state index >= 15 is 0 Å². The van der Waals surface area contributed by atoms with Crippen LogP contribution in [0.25, 0.3) is 0 Å². The van der Waals surface area contributed by atoms with E-state index in [2.05, 4.69) is 20.8 Å². The average molecular weight is 165 g/mol. The van der Waals surface area contributed by atoms with Crippen molar-refractivity contribution >= 4 is 0 Å². The molecule has 1 heterocycles. The summed E-state index contributed by atoms with van der Waals surface area (Å²) in [5.41, 5.74) is 1.11. The Bertz CT molecular complexity index is 258. The van der Waals surface area contributed by atoms with Gasteiger partial charge in [0.2, 0.25) is 0 Å². The van der Waals surface area contributed by atoms with E-state index in [1.54, 1.807) is 12.3 Å². The molecule has 1 rings (SSSR count). The van der Waals surface area contributed by atoms with Gasteiger partial charge in [0.05, 0.1) is 0 Å². The van der Waals surface area contributed by atoms with Crippen molar-refractivity contribution in [1.29, 1.82) is 0 Å². The third-order valence-electron chi connectivity index (χ3n) is 2.32. The Morgan fingerprint density at radius 3 is 2.50 bits per heavy atom. The molecule has 0 radical (unpaired) electrons. The number of rotatable bonds is 2. The zero-order valence-corrected chi connectivity index (χ0v) is 7.82. The van der Waals surface area contributed by atoms with Crippen molar-refractivity contribution in [3.63, 3.8) is 0 Å². The maximum atomic E-state index is 10.9. The van der Waals surface area contributed by atoms with E-state index in [9.17, 15) is 5.21 Å². The Labute approximate surface area is 73.4 Å². The van der Waals surface area contributed by atoms with Gasteiger partial charge in [0, 0.05) is 11.6 Å². The van der Waals surface area contributed by atoms with E-state index in [-0.39, 0.29) is 0 Å². The molecule has 1 aromatic rings. The van der Waals surface area contributed by atoms with Gasteiger partial charge < -0.3 is 5.21 Å². The summed E-state index contributed by atoms with van der Waals surface area (Å²) >= 11 is 0. The zero-order valence-electron chi connectivity index (χ0n) is 7.82. The Kier molecular flexibility index (Phi) is 2.69. The first-order valence-corrected chi connectivity index (χ1v) is 4.30. The Morgan fingerprint density at radius 2 is 2.00 bits per heavy atom. The summed E-state index contributed by atoms with van der Waals surface area (Å²) in [4.78, 5) is 0. The van der Waals surface area contributed by atoms with E-state index in [1.165, 1.54) is 6.20 Å². The minimum Gasteiger partial charge on any atom is -0.619 e. The molecule has 0 N–H and O–H groups in total. The summed E-state index contributed by atoms with van der Waals surface area (Å²) in [5.74, 6) is 1.03. The second-order valence-corrected chi connectivity index (χ2v) is 3.53. The van der Waals surface area contributed by atoms with Crippen LogP contribution in [0.15, 0.2) is 24.5 Å². The molecule has 0 saturated carbocycles. The van der Waals surface area contributed by atoms with Gasteiger partial charge in [0.15, 0.2) is 12.4 Å². The van der Waals surface area contributed by atoms with Crippen LogP contribution in [-0.4, -0.2) is 0 Å². The average Bonchev–Trinajstić information content (AvgIpc) is 2.03. The fourth-order valence-corrected chi connectivity index (χ4v) is 1.13. The summed E-state index contributed by atoms with van der Waals surface area (Å²) in [6.07, 6.45) is 3.15. The molecule has 0 amide bonds. The predicted molar refractivity (Wildman–Crippen MR) is 48.7 cm³/mol. The van der Waals surface area contributed by atoms with Gasteiger partial charge in [-0.15, -0.1) is 0 Å². The summed E-state index contributed by atoms with van der Waals surface area (Å²) < 4.78 is 0.855. The van der Waals surface area contributed by atoms with Crippen LogP contribution in [0.4, 0.5) is 0 Å². The fourth-order valence-electron chi connectivity index (χ4n) is 1.13. The molecule has 2 nitrogen and oxygen atoms in total. The lowest BCUT2D eigenvalue weighted by molar-refractivity contribution is -0.606. The van der Waals surface area contributed by atoms with Gasteiger partial charge in [0.1, 0.15) is 0 Å². The third-order valence-corrected chi connectivity index (χ3v) is 2.32. The van der Waals surface area contributed by atoms with E-state index in [0.29, 0.717) is 11.8 Å². The normalized spacial score (nSPS) is 13.3. The predicted octanol–water partition coefficient (Wildman–Crippen LogP) is 2.08. The molecular formula is C10H15NO. The lowest BCUT2D eigenvalue weighted by Crippen LogP contribution is -2.25. The molecule has 0 saturated heterocycles. The van der Waals surface area contributed by atoms with Gasteiger partial charge in [-0.05, 0) is 17.9 Å². The van der Waals surface area contributed by atoms with Crippen LogP contribution in [0.3, 0.4) is 0 Å². The summed E-state index contributed by atoms with van der Waals surface area (Å²) in [5, 5.41) is 10.9. The van der Waals surface area contributed by atoms with Gasteiger partial charge in [-0.1, -0.05) is 20.8 Å². The monoisotopic (exact) mass is 165 g/mol. The first-order chi connectivity index (χ1) is 5.61. The lowest BCUT2D eigenvalue weighted by atomic mass is 9.92. The zero-order chi connectivity index (χ0) is 9.14. The van der Waals surface area contributed by atoms with Crippen molar-refractivity contribution in [3.05, 3.63) is 35.3 Å². The molecule has 0 aliphatic heterocycles. The number of hydrogen-bond donors (Lipinski definition) is 0. The maximum Gasteiger partial charge on any atom is 0.183 e. The molecule has 0 fully saturated rings. The minimum absolute atomic E-state index is 0.450. The van der Waals surface area contributed by atoms with Gasteiger partial charge in [-0.3, -0.25) is 0 Å². The molecule has 2 heteroatoms. The van der Waals surface area contributed by atoms with Crippen molar-refractivity contribution < 1.29 is 4.73 Å². The molecule has 66 valence electrons. The van der Waals surface area contributed by atoms with Gasteiger partial charge >= 0.3 is 0 Å². The molecular weight excluding hydrogens is 150 g/mol. The number of nitrogens with zero attached hydrogens (tertiary/aromatic N) is 1. The molecule has 1 aromatic heterocycles. The van der Waals surface area contributed by atoms with Crippen LogP contribution in [-0.2, 0) is 0 Å². The SMILES string of the molecule is CC(C)C(C)c1ccc[n+]([O-])c1. The first kappa shape index (κ1) is 9.04. The van der Waals surface area contributed by atoms with Gasteiger partial charge in [-0.2, -0.15) is 4.73 Å². The van der Waals surface area contributed by atoms with Crippen LogP contribution in [0, 0.1) is 11.1 Å². The second-order valence-electron chi connectivity index (χ2n) is 3.53. The molecule has 0 aliphatic rings. The van der Waals surface area contributed by atoms with Crippen LogP contribution in [0.2, 0.25) is 0 Å². The highest BCUT2D eigenvalue weighted by atomic mass is 16.5. The third kappa shape index (κ3) is 1.97. The van der Waals surface area contributed by atoms with Gasteiger partial charge in [0.25, 0.3) is 0 Å². The fraction of sp³-hybridized carbons (Fsp3) is 0.500. The van der Waals surface area contributed by atoms with Crippen LogP contribution < -0.4 is 4.73 Å².